The highest BCUT2D eigenvalue weighted by molar-refractivity contribution is 5.75. The van der Waals surface area contributed by atoms with Crippen molar-refractivity contribution in [2.45, 2.75) is 76.4 Å². The molecular weight excluding hydrogens is 366 g/mol. The Kier molecular flexibility index (Phi) is 5.87. The minimum absolute atomic E-state index is 0.00911. The highest BCUT2D eigenvalue weighted by Gasteiger charge is 2.57. The van der Waals surface area contributed by atoms with Crippen molar-refractivity contribution in [3.05, 3.63) is 29.8 Å². The molecule has 0 aromatic heterocycles. The van der Waals surface area contributed by atoms with E-state index in [0.717, 1.165) is 32.5 Å². The first-order valence-electron chi connectivity index (χ1n) is 11.1. The fourth-order valence-corrected chi connectivity index (χ4v) is 5.02. The van der Waals surface area contributed by atoms with Crippen LogP contribution < -0.4 is 15.5 Å². The molecular formula is C23H35N3O3. The minimum atomic E-state index is -0.590. The summed E-state index contributed by atoms with van der Waals surface area (Å²) in [4.78, 5) is 14.7. The van der Waals surface area contributed by atoms with Gasteiger partial charge in [-0.05, 0) is 57.2 Å². The van der Waals surface area contributed by atoms with E-state index in [9.17, 15) is 4.79 Å². The molecule has 4 rings (SSSR count). The van der Waals surface area contributed by atoms with Gasteiger partial charge in [0.25, 0.3) is 0 Å². The Morgan fingerprint density at radius 3 is 2.83 bits per heavy atom. The smallest absolute Gasteiger partial charge is 0.220 e. The lowest BCUT2D eigenvalue weighted by atomic mass is 9.85. The maximum atomic E-state index is 12.2. The van der Waals surface area contributed by atoms with Gasteiger partial charge in [-0.15, -0.1) is 0 Å². The van der Waals surface area contributed by atoms with Gasteiger partial charge >= 0.3 is 0 Å². The summed E-state index contributed by atoms with van der Waals surface area (Å²) in [7, 11) is 0. The molecule has 29 heavy (non-hydrogen) atoms. The lowest BCUT2D eigenvalue weighted by Crippen LogP contribution is -2.58. The Morgan fingerprint density at radius 1 is 1.28 bits per heavy atom. The van der Waals surface area contributed by atoms with Gasteiger partial charge < -0.3 is 25.0 Å². The molecule has 6 heteroatoms. The molecule has 3 aliphatic heterocycles. The summed E-state index contributed by atoms with van der Waals surface area (Å²) in [5, 5.41) is 6.82. The summed E-state index contributed by atoms with van der Waals surface area (Å²) in [5.41, 5.74) is 2.19. The molecule has 2 N–H and O–H groups in total. The summed E-state index contributed by atoms with van der Waals surface area (Å²) < 4.78 is 12.5. The molecule has 3 atom stereocenters. The fourth-order valence-electron chi connectivity index (χ4n) is 5.02. The van der Waals surface area contributed by atoms with Gasteiger partial charge in [-0.25, -0.2) is 0 Å². The highest BCUT2D eigenvalue weighted by Crippen LogP contribution is 2.39. The second-order valence-electron chi connectivity index (χ2n) is 9.20. The minimum Gasteiger partial charge on any atom is -0.372 e. The SMILES string of the molecule is CCCC(=O)NC[C@@]1(Cc2cccc(N3CCCC3)c2)NC[C@@H]2OC(C)(C)O[C@@H]21. The molecule has 1 aromatic rings. The molecule has 3 heterocycles. The number of benzene rings is 1. The number of rotatable bonds is 7. The molecule has 0 radical (unpaired) electrons. The van der Waals surface area contributed by atoms with Crippen molar-refractivity contribution in [3.8, 4) is 0 Å². The van der Waals surface area contributed by atoms with Crippen molar-refractivity contribution < 1.29 is 14.3 Å². The lowest BCUT2D eigenvalue weighted by molar-refractivity contribution is -0.159. The number of ether oxygens (including phenoxy) is 2. The second kappa shape index (κ2) is 8.25. The van der Waals surface area contributed by atoms with Crippen LogP contribution in [0.15, 0.2) is 24.3 Å². The first-order chi connectivity index (χ1) is 13.9. The molecule has 0 aliphatic carbocycles. The van der Waals surface area contributed by atoms with Crippen LogP contribution in [-0.2, 0) is 20.7 Å². The number of carbonyl (C=O) groups excluding carboxylic acids is 1. The number of hydrogen-bond acceptors (Lipinski definition) is 5. The summed E-state index contributed by atoms with van der Waals surface area (Å²) in [6.45, 7) is 9.52. The number of amides is 1. The quantitative estimate of drug-likeness (QED) is 0.735. The number of hydrogen-bond donors (Lipinski definition) is 2. The summed E-state index contributed by atoms with van der Waals surface area (Å²) in [6, 6.07) is 8.84. The first kappa shape index (κ1) is 20.6. The Hall–Kier alpha value is -1.63. The van der Waals surface area contributed by atoms with Gasteiger partial charge in [0, 0.05) is 38.3 Å². The van der Waals surface area contributed by atoms with E-state index in [-0.39, 0.29) is 23.7 Å². The van der Waals surface area contributed by atoms with Crippen molar-refractivity contribution >= 4 is 11.6 Å². The van der Waals surface area contributed by atoms with Gasteiger partial charge in [-0.3, -0.25) is 4.79 Å². The van der Waals surface area contributed by atoms with E-state index in [2.05, 4.69) is 39.8 Å². The van der Waals surface area contributed by atoms with Gasteiger partial charge in [0.15, 0.2) is 5.79 Å². The van der Waals surface area contributed by atoms with Crippen LogP contribution in [0.1, 0.15) is 52.0 Å². The number of nitrogens with one attached hydrogen (secondary N) is 2. The van der Waals surface area contributed by atoms with E-state index < -0.39 is 5.79 Å². The molecule has 1 amide bonds. The van der Waals surface area contributed by atoms with Gasteiger partial charge in [-0.2, -0.15) is 0 Å². The average Bonchev–Trinajstić information content (AvgIpc) is 3.38. The van der Waals surface area contributed by atoms with Crippen LogP contribution in [0.25, 0.3) is 0 Å². The second-order valence-corrected chi connectivity index (χ2v) is 9.20. The topological polar surface area (TPSA) is 62.8 Å². The Morgan fingerprint density at radius 2 is 2.07 bits per heavy atom. The third-order valence-electron chi connectivity index (χ3n) is 6.36. The third kappa shape index (κ3) is 4.44. The van der Waals surface area contributed by atoms with Crippen LogP contribution in [0, 0.1) is 0 Å². The average molecular weight is 402 g/mol. The van der Waals surface area contributed by atoms with Crippen molar-refractivity contribution in [2.75, 3.05) is 31.1 Å². The predicted octanol–water partition coefficient (Wildman–Crippen LogP) is 2.61. The molecule has 3 fully saturated rings. The van der Waals surface area contributed by atoms with Crippen molar-refractivity contribution in [2.24, 2.45) is 0 Å². The molecule has 6 nitrogen and oxygen atoms in total. The van der Waals surface area contributed by atoms with Gasteiger partial charge in [0.05, 0.1) is 5.54 Å². The maximum Gasteiger partial charge on any atom is 0.220 e. The van der Waals surface area contributed by atoms with E-state index in [0.29, 0.717) is 13.0 Å². The summed E-state index contributed by atoms with van der Waals surface area (Å²) >= 11 is 0. The van der Waals surface area contributed by atoms with Crippen molar-refractivity contribution in [3.63, 3.8) is 0 Å². The number of anilines is 1. The maximum absolute atomic E-state index is 12.2. The van der Waals surface area contributed by atoms with Crippen LogP contribution >= 0.6 is 0 Å². The number of nitrogens with zero attached hydrogens (tertiary/aromatic N) is 1. The molecule has 0 unspecified atom stereocenters. The van der Waals surface area contributed by atoms with Crippen molar-refractivity contribution in [1.29, 1.82) is 0 Å². The standard InChI is InChI=1S/C23H35N3O3/c1-4-8-20(27)24-16-23(21-19(15-25-23)28-22(2,3)29-21)14-17-9-7-10-18(13-17)26-11-5-6-12-26/h7,9-10,13,19,21,25H,4-6,8,11-12,14-16H2,1-3H3,(H,24,27)/t19-,21-,23+/m0/s1. The molecule has 0 saturated carbocycles. The highest BCUT2D eigenvalue weighted by atomic mass is 16.8. The fraction of sp³-hybridized carbons (Fsp3) is 0.696. The molecule has 3 aliphatic rings. The monoisotopic (exact) mass is 401 g/mol. The number of carbonyl (C=O) groups is 1. The van der Waals surface area contributed by atoms with E-state index in [4.69, 9.17) is 9.47 Å². The van der Waals surface area contributed by atoms with E-state index >= 15 is 0 Å². The Bertz CT molecular complexity index is 732. The summed E-state index contributed by atoms with van der Waals surface area (Å²) in [5.74, 6) is -0.492. The Balaban J connectivity index is 1.56. The van der Waals surface area contributed by atoms with E-state index in [1.54, 1.807) is 0 Å². The van der Waals surface area contributed by atoms with Crippen LogP contribution in [0.3, 0.4) is 0 Å². The van der Waals surface area contributed by atoms with E-state index in [1.165, 1.54) is 24.1 Å². The van der Waals surface area contributed by atoms with E-state index in [1.807, 2.05) is 20.8 Å². The zero-order valence-corrected chi connectivity index (χ0v) is 18.0. The normalized spacial score (nSPS) is 30.5. The molecule has 0 spiro atoms. The van der Waals surface area contributed by atoms with Gasteiger partial charge in [0.2, 0.25) is 5.91 Å². The molecule has 3 saturated heterocycles. The van der Waals surface area contributed by atoms with Crippen LogP contribution in [-0.4, -0.2) is 55.6 Å². The largest absolute Gasteiger partial charge is 0.372 e. The first-order valence-corrected chi connectivity index (χ1v) is 11.1. The number of fused-ring (bicyclic) bond motifs is 1. The lowest BCUT2D eigenvalue weighted by Gasteiger charge is -2.36. The van der Waals surface area contributed by atoms with Crippen molar-refractivity contribution in [1.82, 2.24) is 10.6 Å². The zero-order valence-electron chi connectivity index (χ0n) is 18.0. The van der Waals surface area contributed by atoms with Crippen LogP contribution in [0.2, 0.25) is 0 Å². The molecule has 0 bridgehead atoms. The third-order valence-corrected chi connectivity index (χ3v) is 6.36. The van der Waals surface area contributed by atoms with Gasteiger partial charge in [-0.1, -0.05) is 19.1 Å². The zero-order chi connectivity index (χ0) is 20.5. The summed E-state index contributed by atoms with van der Waals surface area (Å²) in [6.07, 6.45) is 4.65. The molecule has 160 valence electrons. The Labute approximate surface area is 174 Å². The molecule has 1 aromatic carbocycles. The van der Waals surface area contributed by atoms with Crippen LogP contribution in [0.4, 0.5) is 5.69 Å². The predicted molar refractivity (Wildman–Crippen MR) is 114 cm³/mol. The van der Waals surface area contributed by atoms with Crippen LogP contribution in [0.5, 0.6) is 0 Å². The van der Waals surface area contributed by atoms with Gasteiger partial charge in [0.1, 0.15) is 12.2 Å².